The van der Waals surface area contributed by atoms with Crippen LogP contribution in [0.25, 0.3) is 11.0 Å². The van der Waals surface area contributed by atoms with E-state index in [1.165, 1.54) is 7.11 Å². The van der Waals surface area contributed by atoms with E-state index in [1.807, 2.05) is 23.1 Å². The molecule has 160 valence electrons. The minimum Gasteiger partial charge on any atom is -0.469 e. The molecule has 1 aromatic heterocycles. The largest absolute Gasteiger partial charge is 0.469 e. The number of H-pyrrole nitrogens is 1. The molecule has 0 atom stereocenters. The average molecular weight is 403 g/mol. The fourth-order valence-corrected chi connectivity index (χ4v) is 2.94. The molecular weight excluding hydrogens is 368 g/mol. The number of nitrogens with zero attached hydrogens (tertiary/aromatic N) is 2. The predicted octanol–water partition coefficient (Wildman–Crippen LogP) is 4.07. The number of aromatic amines is 1. The first-order chi connectivity index (χ1) is 13.8. The molecule has 0 saturated heterocycles. The molecule has 7 nitrogen and oxygen atoms in total. The fourth-order valence-electron chi connectivity index (χ4n) is 2.94. The van der Waals surface area contributed by atoms with Gasteiger partial charge in [0, 0.05) is 25.2 Å². The second-order valence-corrected chi connectivity index (χ2v) is 8.23. The number of aromatic nitrogens is 2. The van der Waals surface area contributed by atoms with Crippen LogP contribution in [-0.2, 0) is 9.53 Å². The third-order valence-electron chi connectivity index (χ3n) is 4.82. The molecule has 1 heterocycles. The number of ether oxygens (including phenoxy) is 1. The summed E-state index contributed by atoms with van der Waals surface area (Å²) in [4.78, 5) is 33.9. The number of nitrogens with one attached hydrogen (secondary N) is 2. The van der Waals surface area contributed by atoms with Crippen molar-refractivity contribution in [3.8, 4) is 0 Å². The van der Waals surface area contributed by atoms with Crippen LogP contribution in [0.4, 0.5) is 5.95 Å². The molecule has 2 aromatic rings. The molecule has 0 spiro atoms. The summed E-state index contributed by atoms with van der Waals surface area (Å²) >= 11 is 0. The third kappa shape index (κ3) is 7.07. The number of rotatable bonds is 11. The molecular formula is C22H34N4O3. The maximum absolute atomic E-state index is 13.1. The molecule has 0 unspecified atom stereocenters. The molecule has 1 amide bonds. The number of imidazole rings is 1. The van der Waals surface area contributed by atoms with E-state index in [0.29, 0.717) is 29.9 Å². The zero-order valence-corrected chi connectivity index (χ0v) is 18.2. The summed E-state index contributed by atoms with van der Waals surface area (Å²) in [5.41, 5.74) is 2.23. The second kappa shape index (κ2) is 10.8. The van der Waals surface area contributed by atoms with E-state index < -0.39 is 0 Å². The van der Waals surface area contributed by atoms with Crippen LogP contribution in [0.5, 0.6) is 0 Å². The SMILES string of the molecule is COC(=O)CCNc1nc2ccc(C(=O)N(CCC(C)C)CCC(C)C)cc2[nH]1. The van der Waals surface area contributed by atoms with Gasteiger partial charge in [-0.15, -0.1) is 0 Å². The minimum absolute atomic E-state index is 0.0583. The Morgan fingerprint density at radius 3 is 2.38 bits per heavy atom. The van der Waals surface area contributed by atoms with Crippen LogP contribution < -0.4 is 5.32 Å². The van der Waals surface area contributed by atoms with Crippen molar-refractivity contribution in [2.24, 2.45) is 11.8 Å². The minimum atomic E-state index is -0.274. The molecule has 2 rings (SSSR count). The van der Waals surface area contributed by atoms with Crippen molar-refractivity contribution >= 4 is 28.9 Å². The highest BCUT2D eigenvalue weighted by molar-refractivity contribution is 5.97. The summed E-state index contributed by atoms with van der Waals surface area (Å²) in [7, 11) is 1.37. The summed E-state index contributed by atoms with van der Waals surface area (Å²) in [6.07, 6.45) is 2.24. The van der Waals surface area contributed by atoms with Crippen molar-refractivity contribution in [2.75, 3.05) is 32.1 Å². The number of amides is 1. The van der Waals surface area contributed by atoms with E-state index in [2.05, 4.69) is 47.7 Å². The van der Waals surface area contributed by atoms with E-state index in [1.54, 1.807) is 0 Å². The van der Waals surface area contributed by atoms with Gasteiger partial charge in [0.1, 0.15) is 0 Å². The van der Waals surface area contributed by atoms with Gasteiger partial charge in [-0.1, -0.05) is 27.7 Å². The van der Waals surface area contributed by atoms with Crippen LogP contribution in [0.1, 0.15) is 57.3 Å². The zero-order chi connectivity index (χ0) is 21.4. The summed E-state index contributed by atoms with van der Waals surface area (Å²) in [5.74, 6) is 1.47. The van der Waals surface area contributed by atoms with Crippen LogP contribution in [0.3, 0.4) is 0 Å². The average Bonchev–Trinajstić information content (AvgIpc) is 3.08. The Kier molecular flexibility index (Phi) is 8.49. The maximum Gasteiger partial charge on any atom is 0.307 e. The summed E-state index contributed by atoms with van der Waals surface area (Å²) in [6.45, 7) is 10.7. The Morgan fingerprint density at radius 2 is 1.79 bits per heavy atom. The number of carbonyl (C=O) groups excluding carboxylic acids is 2. The maximum atomic E-state index is 13.1. The van der Waals surface area contributed by atoms with Crippen molar-refractivity contribution < 1.29 is 14.3 Å². The van der Waals surface area contributed by atoms with Crippen molar-refractivity contribution in [1.82, 2.24) is 14.9 Å². The van der Waals surface area contributed by atoms with E-state index in [9.17, 15) is 9.59 Å². The first-order valence-corrected chi connectivity index (χ1v) is 10.4. The number of esters is 1. The lowest BCUT2D eigenvalue weighted by Gasteiger charge is -2.24. The summed E-state index contributed by atoms with van der Waals surface area (Å²) < 4.78 is 4.63. The monoisotopic (exact) mass is 402 g/mol. The Labute approximate surface area is 173 Å². The van der Waals surface area contributed by atoms with Crippen LogP contribution in [-0.4, -0.2) is 53.5 Å². The number of methoxy groups -OCH3 is 1. The Hall–Kier alpha value is -2.57. The Morgan fingerprint density at radius 1 is 1.14 bits per heavy atom. The van der Waals surface area contributed by atoms with Gasteiger partial charge in [-0.25, -0.2) is 4.98 Å². The Balaban J connectivity index is 2.10. The lowest BCUT2D eigenvalue weighted by Crippen LogP contribution is -2.34. The van der Waals surface area contributed by atoms with Crippen LogP contribution in [0, 0.1) is 11.8 Å². The van der Waals surface area contributed by atoms with E-state index >= 15 is 0 Å². The number of benzene rings is 1. The van der Waals surface area contributed by atoms with Gasteiger partial charge in [-0.2, -0.15) is 0 Å². The van der Waals surface area contributed by atoms with Crippen LogP contribution in [0.15, 0.2) is 18.2 Å². The molecule has 0 aliphatic rings. The molecule has 0 saturated carbocycles. The molecule has 2 N–H and O–H groups in total. The normalized spacial score (nSPS) is 11.3. The summed E-state index contributed by atoms with van der Waals surface area (Å²) in [5, 5.41) is 3.07. The summed E-state index contributed by atoms with van der Waals surface area (Å²) in [6, 6.07) is 5.54. The smallest absolute Gasteiger partial charge is 0.307 e. The highest BCUT2D eigenvalue weighted by atomic mass is 16.5. The standard InChI is InChI=1S/C22H34N4O3/c1-15(2)9-12-26(13-10-16(3)4)21(28)17-6-7-18-19(14-17)25-22(24-18)23-11-8-20(27)29-5/h6-7,14-16H,8-13H2,1-5H3,(H2,23,24,25). The topological polar surface area (TPSA) is 87.3 Å². The lowest BCUT2D eigenvalue weighted by molar-refractivity contribution is -0.140. The highest BCUT2D eigenvalue weighted by Gasteiger charge is 2.17. The predicted molar refractivity (Wildman–Crippen MR) is 116 cm³/mol. The quantitative estimate of drug-likeness (QED) is 0.553. The Bertz CT molecular complexity index is 801. The molecule has 0 aliphatic heterocycles. The van der Waals surface area contributed by atoms with Crippen LogP contribution >= 0.6 is 0 Å². The molecule has 1 aromatic carbocycles. The lowest BCUT2D eigenvalue weighted by atomic mass is 10.1. The number of fused-ring (bicyclic) bond motifs is 1. The van der Waals surface area contributed by atoms with Crippen molar-refractivity contribution in [1.29, 1.82) is 0 Å². The van der Waals surface area contributed by atoms with Gasteiger partial charge in [0.05, 0.1) is 24.6 Å². The second-order valence-electron chi connectivity index (χ2n) is 8.23. The van der Waals surface area contributed by atoms with Crippen LogP contribution in [0.2, 0.25) is 0 Å². The molecule has 29 heavy (non-hydrogen) atoms. The van der Waals surface area contributed by atoms with E-state index in [0.717, 1.165) is 37.0 Å². The van der Waals surface area contributed by atoms with Crippen molar-refractivity contribution in [2.45, 2.75) is 47.0 Å². The van der Waals surface area contributed by atoms with Gasteiger partial charge in [0.25, 0.3) is 5.91 Å². The van der Waals surface area contributed by atoms with Gasteiger partial charge in [-0.3, -0.25) is 9.59 Å². The number of hydrogen-bond donors (Lipinski definition) is 2. The molecule has 7 heteroatoms. The molecule has 0 radical (unpaired) electrons. The van der Waals surface area contributed by atoms with Gasteiger partial charge in [0.15, 0.2) is 0 Å². The molecule has 0 aliphatic carbocycles. The van der Waals surface area contributed by atoms with Gasteiger partial charge in [0.2, 0.25) is 5.95 Å². The van der Waals surface area contributed by atoms with Gasteiger partial charge < -0.3 is 19.9 Å². The number of hydrogen-bond acceptors (Lipinski definition) is 5. The first-order valence-electron chi connectivity index (χ1n) is 10.4. The first kappa shape index (κ1) is 22.7. The van der Waals surface area contributed by atoms with Gasteiger partial charge >= 0.3 is 5.97 Å². The van der Waals surface area contributed by atoms with E-state index in [4.69, 9.17) is 0 Å². The highest BCUT2D eigenvalue weighted by Crippen LogP contribution is 2.18. The zero-order valence-electron chi connectivity index (χ0n) is 18.2. The van der Waals surface area contributed by atoms with Crippen molar-refractivity contribution in [3.05, 3.63) is 23.8 Å². The number of anilines is 1. The van der Waals surface area contributed by atoms with Crippen molar-refractivity contribution in [3.63, 3.8) is 0 Å². The third-order valence-corrected chi connectivity index (χ3v) is 4.82. The number of carbonyl (C=O) groups is 2. The fraction of sp³-hybridized carbons (Fsp3) is 0.591. The van der Waals surface area contributed by atoms with Gasteiger partial charge in [-0.05, 0) is 42.9 Å². The van der Waals surface area contributed by atoms with E-state index in [-0.39, 0.29) is 18.3 Å². The molecule has 0 fully saturated rings. The molecule has 0 bridgehead atoms.